The second kappa shape index (κ2) is 7.91. The molecule has 0 bridgehead atoms. The molecule has 8 heteroatoms. The molecule has 3 heterocycles. The minimum absolute atomic E-state index is 0.123. The summed E-state index contributed by atoms with van der Waals surface area (Å²) < 4.78 is 39.0. The van der Waals surface area contributed by atoms with E-state index in [9.17, 15) is 13.2 Å². The van der Waals surface area contributed by atoms with Gasteiger partial charge in [0.15, 0.2) is 5.16 Å². The van der Waals surface area contributed by atoms with E-state index in [1.54, 1.807) is 0 Å². The molecule has 150 valence electrons. The Kier molecular flexibility index (Phi) is 5.51. The summed E-state index contributed by atoms with van der Waals surface area (Å²) >= 11 is 1.20. The third-order valence-electron chi connectivity index (χ3n) is 5.42. The number of alkyl halides is 3. The topological polar surface area (TPSA) is 32.3 Å². The zero-order valence-electron chi connectivity index (χ0n) is 15.7. The van der Waals surface area contributed by atoms with E-state index in [0.717, 1.165) is 41.8 Å². The van der Waals surface area contributed by atoms with E-state index in [1.165, 1.54) is 43.8 Å². The number of rotatable bonds is 3. The summed E-state index contributed by atoms with van der Waals surface area (Å²) in [7, 11) is 0. The van der Waals surface area contributed by atoms with Gasteiger partial charge in [-0.1, -0.05) is 12.5 Å². The van der Waals surface area contributed by atoms with Crippen LogP contribution in [-0.2, 0) is 6.18 Å². The zero-order valence-corrected chi connectivity index (χ0v) is 16.6. The van der Waals surface area contributed by atoms with Crippen LogP contribution < -0.4 is 4.90 Å². The van der Waals surface area contributed by atoms with E-state index in [-0.39, 0.29) is 5.16 Å². The lowest BCUT2D eigenvalue weighted by Gasteiger charge is -2.45. The quantitative estimate of drug-likeness (QED) is 0.692. The summed E-state index contributed by atoms with van der Waals surface area (Å²) in [5.74, 6) is 0. The first-order valence-electron chi connectivity index (χ1n) is 9.58. The van der Waals surface area contributed by atoms with Crippen molar-refractivity contribution >= 4 is 17.4 Å². The highest BCUT2D eigenvalue weighted by Crippen LogP contribution is 2.37. The van der Waals surface area contributed by atoms with E-state index in [4.69, 9.17) is 0 Å². The summed E-state index contributed by atoms with van der Waals surface area (Å²) in [6, 6.07) is 7.61. The molecular weight excluding hydrogens is 385 g/mol. The normalized spacial score (nSPS) is 20.9. The summed E-state index contributed by atoms with van der Waals surface area (Å²) in [6.07, 6.45) is 0.457. The van der Waals surface area contributed by atoms with Crippen LogP contribution in [0, 0.1) is 6.92 Å². The van der Waals surface area contributed by atoms with Crippen molar-refractivity contribution in [1.82, 2.24) is 14.9 Å². The fraction of sp³-hybridized carbons (Fsp3) is 0.500. The van der Waals surface area contributed by atoms with Crippen molar-refractivity contribution in [1.29, 1.82) is 0 Å². The Labute approximate surface area is 167 Å². The first-order valence-corrected chi connectivity index (χ1v) is 10.4. The number of fused-ring (bicyclic) bond motifs is 1. The maximum Gasteiger partial charge on any atom is 0.433 e. The minimum Gasteiger partial charge on any atom is -0.368 e. The number of hydrogen-bond acceptors (Lipinski definition) is 5. The van der Waals surface area contributed by atoms with Gasteiger partial charge in [-0.2, -0.15) is 13.2 Å². The van der Waals surface area contributed by atoms with Crippen LogP contribution in [0.1, 0.15) is 30.5 Å². The van der Waals surface area contributed by atoms with Gasteiger partial charge in [0.1, 0.15) is 5.69 Å². The average Bonchev–Trinajstić information content (AvgIpc) is 2.67. The number of aromatic nitrogens is 2. The molecule has 0 aliphatic carbocycles. The zero-order chi connectivity index (χ0) is 19.7. The molecule has 1 atom stereocenters. The van der Waals surface area contributed by atoms with E-state index >= 15 is 0 Å². The number of benzene rings is 1. The van der Waals surface area contributed by atoms with Gasteiger partial charge in [0, 0.05) is 36.8 Å². The number of aryl methyl sites for hydroxylation is 1. The van der Waals surface area contributed by atoms with Gasteiger partial charge in [0.25, 0.3) is 0 Å². The van der Waals surface area contributed by atoms with Gasteiger partial charge in [0.05, 0.1) is 5.69 Å². The highest BCUT2D eigenvalue weighted by Gasteiger charge is 2.33. The van der Waals surface area contributed by atoms with Gasteiger partial charge >= 0.3 is 6.18 Å². The van der Waals surface area contributed by atoms with Crippen LogP contribution >= 0.6 is 11.8 Å². The van der Waals surface area contributed by atoms with Crippen LogP contribution in [0.5, 0.6) is 0 Å². The summed E-state index contributed by atoms with van der Waals surface area (Å²) in [4.78, 5) is 13.6. The minimum atomic E-state index is -4.47. The molecule has 4 rings (SSSR count). The average molecular weight is 408 g/mol. The number of anilines is 1. The SMILES string of the molecule is Cc1ccc(N2CCN3CCCCC3C2)c(Sc2nccc(C(F)(F)F)n2)c1. The summed E-state index contributed by atoms with van der Waals surface area (Å²) in [5.41, 5.74) is 1.21. The van der Waals surface area contributed by atoms with Crippen molar-refractivity contribution < 1.29 is 13.2 Å². The Balaban J connectivity index is 1.59. The maximum atomic E-state index is 13.0. The molecule has 28 heavy (non-hydrogen) atoms. The predicted molar refractivity (Wildman–Crippen MR) is 104 cm³/mol. The van der Waals surface area contributed by atoms with Crippen LogP contribution in [0.25, 0.3) is 0 Å². The lowest BCUT2D eigenvalue weighted by Crippen LogP contribution is -2.55. The Morgan fingerprint density at radius 1 is 1.11 bits per heavy atom. The Morgan fingerprint density at radius 3 is 2.79 bits per heavy atom. The van der Waals surface area contributed by atoms with Gasteiger partial charge in [0.2, 0.25) is 0 Å². The van der Waals surface area contributed by atoms with Gasteiger partial charge in [-0.05, 0) is 61.8 Å². The van der Waals surface area contributed by atoms with Gasteiger partial charge in [-0.15, -0.1) is 0 Å². The number of piperidine rings is 1. The van der Waals surface area contributed by atoms with Crippen molar-refractivity contribution in [2.45, 2.75) is 48.5 Å². The monoisotopic (exact) mass is 408 g/mol. The third kappa shape index (κ3) is 4.27. The highest BCUT2D eigenvalue weighted by molar-refractivity contribution is 7.99. The summed E-state index contributed by atoms with van der Waals surface area (Å²) in [6.45, 7) is 6.07. The number of nitrogens with zero attached hydrogens (tertiary/aromatic N) is 4. The molecule has 0 radical (unpaired) electrons. The molecule has 1 aromatic heterocycles. The molecule has 1 unspecified atom stereocenters. The maximum absolute atomic E-state index is 13.0. The van der Waals surface area contributed by atoms with Crippen molar-refractivity contribution in [2.75, 3.05) is 31.1 Å². The second-order valence-corrected chi connectivity index (χ2v) is 8.44. The molecule has 2 aromatic rings. The Hall–Kier alpha value is -1.80. The summed E-state index contributed by atoms with van der Waals surface area (Å²) in [5, 5.41) is 0.123. The molecule has 2 aliphatic rings. The number of halogens is 3. The van der Waals surface area contributed by atoms with Gasteiger partial charge in [-0.3, -0.25) is 4.90 Å². The Bertz CT molecular complexity index is 842. The predicted octanol–water partition coefficient (Wildman–Crippen LogP) is 4.63. The van der Waals surface area contributed by atoms with E-state index < -0.39 is 11.9 Å². The molecule has 2 saturated heterocycles. The van der Waals surface area contributed by atoms with Crippen LogP contribution in [0.15, 0.2) is 40.5 Å². The van der Waals surface area contributed by atoms with E-state index in [2.05, 4.69) is 31.9 Å². The Morgan fingerprint density at radius 2 is 1.96 bits per heavy atom. The fourth-order valence-corrected chi connectivity index (χ4v) is 4.99. The lowest BCUT2D eigenvalue weighted by molar-refractivity contribution is -0.141. The van der Waals surface area contributed by atoms with E-state index in [0.29, 0.717) is 6.04 Å². The molecule has 4 nitrogen and oxygen atoms in total. The highest BCUT2D eigenvalue weighted by atomic mass is 32.2. The number of piperazine rings is 1. The van der Waals surface area contributed by atoms with Crippen molar-refractivity contribution in [3.05, 3.63) is 41.7 Å². The van der Waals surface area contributed by atoms with Crippen LogP contribution in [-0.4, -0.2) is 47.1 Å². The lowest BCUT2D eigenvalue weighted by atomic mass is 9.99. The van der Waals surface area contributed by atoms with Crippen LogP contribution in [0.4, 0.5) is 18.9 Å². The first-order chi connectivity index (χ1) is 13.4. The molecule has 2 aliphatic heterocycles. The standard InChI is InChI=1S/C20H23F3N4S/c1-14-5-6-16(27-11-10-26-9-3-2-4-15(26)13-27)17(12-14)28-19-24-8-7-18(25-19)20(21,22)23/h5-8,12,15H,2-4,9-11,13H2,1H3. The molecular formula is C20H23F3N4S. The molecule has 0 amide bonds. The van der Waals surface area contributed by atoms with Crippen LogP contribution in [0.3, 0.4) is 0 Å². The third-order valence-corrected chi connectivity index (χ3v) is 6.34. The number of hydrogen-bond donors (Lipinski definition) is 0. The molecule has 2 fully saturated rings. The van der Waals surface area contributed by atoms with Crippen molar-refractivity contribution in [2.24, 2.45) is 0 Å². The first kappa shape index (κ1) is 19.5. The second-order valence-electron chi connectivity index (χ2n) is 7.43. The fourth-order valence-electron chi connectivity index (χ4n) is 3.99. The van der Waals surface area contributed by atoms with Gasteiger partial charge in [-0.25, -0.2) is 9.97 Å². The molecule has 0 N–H and O–H groups in total. The molecule has 0 saturated carbocycles. The van der Waals surface area contributed by atoms with Gasteiger partial charge < -0.3 is 4.90 Å². The van der Waals surface area contributed by atoms with Crippen LogP contribution in [0.2, 0.25) is 0 Å². The smallest absolute Gasteiger partial charge is 0.368 e. The van der Waals surface area contributed by atoms with Crippen molar-refractivity contribution in [3.8, 4) is 0 Å². The largest absolute Gasteiger partial charge is 0.433 e. The molecule has 0 spiro atoms. The van der Waals surface area contributed by atoms with Crippen molar-refractivity contribution in [3.63, 3.8) is 0 Å². The molecule has 1 aromatic carbocycles. The van der Waals surface area contributed by atoms with E-state index in [1.807, 2.05) is 13.0 Å².